The minimum Gasteiger partial charge on any atom is -0.493 e. The summed E-state index contributed by atoms with van der Waals surface area (Å²) in [6.45, 7) is 8.76. The molecule has 1 aromatic rings. The van der Waals surface area contributed by atoms with E-state index in [1.807, 2.05) is 0 Å². The van der Waals surface area contributed by atoms with Crippen molar-refractivity contribution < 1.29 is 4.74 Å². The highest BCUT2D eigenvalue weighted by atomic mass is 16.5. The third kappa shape index (κ3) is 2.77. The van der Waals surface area contributed by atoms with Gasteiger partial charge in [-0.3, -0.25) is 0 Å². The Kier molecular flexibility index (Phi) is 3.50. The molecule has 19 heavy (non-hydrogen) atoms. The first-order valence-electron chi connectivity index (χ1n) is 7.35. The second-order valence-corrected chi connectivity index (χ2v) is 6.38. The number of nitrogens with one attached hydrogen (secondary N) is 2. The van der Waals surface area contributed by atoms with Gasteiger partial charge in [-0.25, -0.2) is 0 Å². The highest BCUT2D eigenvalue weighted by molar-refractivity contribution is 5.42. The van der Waals surface area contributed by atoms with E-state index in [2.05, 4.69) is 42.7 Å². The van der Waals surface area contributed by atoms with Crippen LogP contribution in [0.15, 0.2) is 18.2 Å². The van der Waals surface area contributed by atoms with Crippen molar-refractivity contribution in [3.05, 3.63) is 29.3 Å². The maximum Gasteiger partial charge on any atom is 0.122 e. The van der Waals surface area contributed by atoms with Crippen molar-refractivity contribution in [3.8, 4) is 5.75 Å². The third-order valence-corrected chi connectivity index (χ3v) is 4.36. The molecule has 0 aromatic heterocycles. The van der Waals surface area contributed by atoms with Crippen LogP contribution in [-0.2, 0) is 11.8 Å². The lowest BCUT2D eigenvalue weighted by Gasteiger charge is -2.28. The van der Waals surface area contributed by atoms with Crippen LogP contribution in [0.25, 0.3) is 0 Å². The van der Waals surface area contributed by atoms with Crippen molar-refractivity contribution >= 4 is 0 Å². The zero-order valence-electron chi connectivity index (χ0n) is 12.0. The molecule has 3 heteroatoms. The first-order chi connectivity index (χ1) is 9.15. The third-order valence-electron chi connectivity index (χ3n) is 4.36. The largest absolute Gasteiger partial charge is 0.493 e. The van der Waals surface area contributed by atoms with Crippen LogP contribution in [0.1, 0.15) is 31.4 Å². The molecule has 0 amide bonds. The maximum atomic E-state index is 5.58. The molecule has 2 heterocycles. The van der Waals surface area contributed by atoms with Crippen molar-refractivity contribution in [3.63, 3.8) is 0 Å². The summed E-state index contributed by atoms with van der Waals surface area (Å²) in [7, 11) is 0. The fraction of sp³-hybridized carbons (Fsp3) is 0.625. The summed E-state index contributed by atoms with van der Waals surface area (Å²) in [6.07, 6.45) is 2.30. The van der Waals surface area contributed by atoms with Crippen molar-refractivity contribution in [1.82, 2.24) is 10.6 Å². The molecule has 0 radical (unpaired) electrons. The van der Waals surface area contributed by atoms with E-state index in [9.17, 15) is 0 Å². The van der Waals surface area contributed by atoms with Gasteiger partial charge >= 0.3 is 0 Å². The van der Waals surface area contributed by atoms with E-state index in [1.165, 1.54) is 17.5 Å². The van der Waals surface area contributed by atoms with Gasteiger partial charge in [0.25, 0.3) is 0 Å². The molecule has 1 aromatic carbocycles. The molecule has 1 atom stereocenters. The molecule has 3 rings (SSSR count). The smallest absolute Gasteiger partial charge is 0.122 e. The average molecular weight is 260 g/mol. The van der Waals surface area contributed by atoms with Crippen LogP contribution in [0, 0.1) is 0 Å². The summed E-state index contributed by atoms with van der Waals surface area (Å²) in [5.74, 6) is 1.08. The lowest BCUT2D eigenvalue weighted by atomic mass is 9.83. The molecule has 3 nitrogen and oxygen atoms in total. The first kappa shape index (κ1) is 12.9. The Labute approximate surface area is 115 Å². The van der Waals surface area contributed by atoms with Crippen molar-refractivity contribution in [1.29, 1.82) is 0 Å². The Morgan fingerprint density at radius 3 is 3.11 bits per heavy atom. The Morgan fingerprint density at radius 2 is 2.32 bits per heavy atom. The summed E-state index contributed by atoms with van der Waals surface area (Å²) < 4.78 is 5.58. The van der Waals surface area contributed by atoms with Gasteiger partial charge in [-0.2, -0.15) is 0 Å². The van der Waals surface area contributed by atoms with E-state index in [1.54, 1.807) is 0 Å². The van der Waals surface area contributed by atoms with Crippen LogP contribution >= 0.6 is 0 Å². The van der Waals surface area contributed by atoms with Crippen LogP contribution < -0.4 is 15.4 Å². The Balaban J connectivity index is 1.68. The van der Waals surface area contributed by atoms with Gasteiger partial charge in [-0.1, -0.05) is 26.0 Å². The van der Waals surface area contributed by atoms with Gasteiger partial charge in [0, 0.05) is 31.0 Å². The van der Waals surface area contributed by atoms with Gasteiger partial charge in [0.05, 0.1) is 6.61 Å². The molecule has 1 unspecified atom stereocenters. The van der Waals surface area contributed by atoms with E-state index in [0.717, 1.165) is 38.4 Å². The molecule has 0 aliphatic carbocycles. The SMILES string of the molecule is CC(C)(CNC1CCNC1)c1ccc2c(c1)CCO2. The van der Waals surface area contributed by atoms with Gasteiger partial charge in [-0.05, 0) is 30.2 Å². The molecular formula is C16H24N2O. The topological polar surface area (TPSA) is 33.3 Å². The summed E-state index contributed by atoms with van der Waals surface area (Å²) in [4.78, 5) is 0. The van der Waals surface area contributed by atoms with E-state index in [4.69, 9.17) is 4.74 Å². The van der Waals surface area contributed by atoms with E-state index in [-0.39, 0.29) is 5.41 Å². The maximum absolute atomic E-state index is 5.58. The number of fused-ring (bicyclic) bond motifs is 1. The lowest BCUT2D eigenvalue weighted by Crippen LogP contribution is -2.40. The zero-order valence-corrected chi connectivity index (χ0v) is 12.0. The normalized spacial score (nSPS) is 22.3. The number of benzene rings is 1. The number of ether oxygens (including phenoxy) is 1. The van der Waals surface area contributed by atoms with Gasteiger partial charge in [0.2, 0.25) is 0 Å². The van der Waals surface area contributed by atoms with Gasteiger partial charge in [-0.15, -0.1) is 0 Å². The van der Waals surface area contributed by atoms with Crippen molar-refractivity contribution in [2.24, 2.45) is 0 Å². The zero-order chi connectivity index (χ0) is 13.3. The minimum atomic E-state index is 0.167. The monoisotopic (exact) mass is 260 g/mol. The number of hydrogen-bond donors (Lipinski definition) is 2. The second-order valence-electron chi connectivity index (χ2n) is 6.38. The van der Waals surface area contributed by atoms with Gasteiger partial charge in [0.1, 0.15) is 5.75 Å². The first-order valence-corrected chi connectivity index (χ1v) is 7.35. The molecule has 2 N–H and O–H groups in total. The Hall–Kier alpha value is -1.06. The average Bonchev–Trinajstić information content (AvgIpc) is 3.06. The van der Waals surface area contributed by atoms with E-state index in [0.29, 0.717) is 6.04 Å². The molecule has 0 bridgehead atoms. The van der Waals surface area contributed by atoms with Crippen molar-refractivity contribution in [2.45, 2.75) is 38.1 Å². The van der Waals surface area contributed by atoms with Gasteiger partial charge in [0.15, 0.2) is 0 Å². The summed E-state index contributed by atoms with van der Waals surface area (Å²) >= 11 is 0. The second kappa shape index (κ2) is 5.14. The quantitative estimate of drug-likeness (QED) is 0.867. The summed E-state index contributed by atoms with van der Waals surface area (Å²) in [6, 6.07) is 7.32. The number of rotatable bonds is 4. The van der Waals surface area contributed by atoms with Crippen LogP contribution in [-0.4, -0.2) is 32.3 Å². The van der Waals surface area contributed by atoms with Gasteiger partial charge < -0.3 is 15.4 Å². The molecule has 2 aliphatic rings. The lowest BCUT2D eigenvalue weighted by molar-refractivity contribution is 0.356. The predicted molar refractivity (Wildman–Crippen MR) is 77.9 cm³/mol. The minimum absolute atomic E-state index is 0.167. The summed E-state index contributed by atoms with van der Waals surface area (Å²) in [5, 5.41) is 7.10. The Morgan fingerprint density at radius 1 is 1.42 bits per heavy atom. The van der Waals surface area contributed by atoms with Crippen LogP contribution in [0.5, 0.6) is 5.75 Å². The van der Waals surface area contributed by atoms with Crippen LogP contribution in [0.3, 0.4) is 0 Å². The Bertz CT molecular complexity index is 450. The molecule has 1 saturated heterocycles. The molecule has 0 spiro atoms. The molecular weight excluding hydrogens is 236 g/mol. The number of hydrogen-bond acceptors (Lipinski definition) is 3. The predicted octanol–water partition coefficient (Wildman–Crippen LogP) is 1.85. The molecule has 1 fully saturated rings. The van der Waals surface area contributed by atoms with Crippen molar-refractivity contribution in [2.75, 3.05) is 26.2 Å². The van der Waals surface area contributed by atoms with E-state index < -0.39 is 0 Å². The summed E-state index contributed by atoms with van der Waals surface area (Å²) in [5.41, 5.74) is 2.95. The fourth-order valence-electron chi connectivity index (χ4n) is 2.94. The molecule has 2 aliphatic heterocycles. The van der Waals surface area contributed by atoms with E-state index >= 15 is 0 Å². The van der Waals surface area contributed by atoms with Crippen LogP contribution in [0.2, 0.25) is 0 Å². The molecule has 0 saturated carbocycles. The highest BCUT2D eigenvalue weighted by Crippen LogP contribution is 2.31. The standard InChI is InChI=1S/C16H24N2O/c1-16(2,11-18-14-5-7-17-10-14)13-3-4-15-12(9-13)6-8-19-15/h3-4,9,14,17-18H,5-8,10-11H2,1-2H3. The van der Waals surface area contributed by atoms with Crippen LogP contribution in [0.4, 0.5) is 0 Å². The molecule has 104 valence electrons. The highest BCUT2D eigenvalue weighted by Gasteiger charge is 2.25. The fourth-order valence-corrected chi connectivity index (χ4v) is 2.94.